The summed E-state index contributed by atoms with van der Waals surface area (Å²) in [5.74, 6) is -1.61. The lowest BCUT2D eigenvalue weighted by Crippen LogP contribution is -2.38. The Morgan fingerprint density at radius 2 is 1.84 bits per heavy atom. The molecule has 0 saturated carbocycles. The van der Waals surface area contributed by atoms with Crippen LogP contribution in [0.2, 0.25) is 0 Å². The van der Waals surface area contributed by atoms with Crippen LogP contribution in [0.4, 0.5) is 0 Å². The molecule has 0 aliphatic heterocycles. The molecule has 19 heavy (non-hydrogen) atoms. The van der Waals surface area contributed by atoms with E-state index in [9.17, 15) is 14.4 Å². The average molecular weight is 261 g/mol. The average Bonchev–Trinajstić information content (AvgIpc) is 2.36. The second kappa shape index (κ2) is 6.95. The Morgan fingerprint density at radius 3 is 2.37 bits per heavy atom. The van der Waals surface area contributed by atoms with Crippen molar-refractivity contribution in [3.63, 3.8) is 0 Å². The fraction of sp³-hybridized carbons (Fsp3) is 0.154. The number of hydrogen-bond acceptors (Lipinski definition) is 3. The smallest absolute Gasteiger partial charge is 0.268 e. The van der Waals surface area contributed by atoms with E-state index in [1.807, 2.05) is 6.07 Å². The summed E-state index contributed by atoms with van der Waals surface area (Å²) in [6, 6.07) is 9.01. The van der Waals surface area contributed by atoms with E-state index in [0.717, 1.165) is 5.56 Å². The highest BCUT2D eigenvalue weighted by molar-refractivity contribution is 6.02. The number of benzene rings is 1. The largest absolute Gasteiger partial charge is 0.368 e. The van der Waals surface area contributed by atoms with Gasteiger partial charge in [0.2, 0.25) is 11.8 Å². The maximum absolute atomic E-state index is 11.8. The van der Waals surface area contributed by atoms with E-state index in [-0.39, 0.29) is 18.1 Å². The molecule has 0 fully saturated rings. The highest BCUT2D eigenvalue weighted by Gasteiger charge is 2.11. The zero-order chi connectivity index (χ0) is 14.3. The predicted molar refractivity (Wildman–Crippen MR) is 70.4 cm³/mol. The van der Waals surface area contributed by atoms with Gasteiger partial charge in [-0.05, 0) is 11.6 Å². The van der Waals surface area contributed by atoms with Crippen LogP contribution in [0.1, 0.15) is 12.5 Å². The Morgan fingerprint density at radius 1 is 1.21 bits per heavy atom. The minimum Gasteiger partial charge on any atom is -0.368 e. The molecule has 0 aliphatic rings. The summed E-state index contributed by atoms with van der Waals surface area (Å²) in [5.41, 5.74) is 5.74. The van der Waals surface area contributed by atoms with Crippen molar-refractivity contribution in [1.82, 2.24) is 10.6 Å². The molecule has 0 radical (unpaired) electrons. The molecule has 0 saturated heterocycles. The molecule has 1 rings (SSSR count). The van der Waals surface area contributed by atoms with E-state index in [1.54, 1.807) is 24.3 Å². The van der Waals surface area contributed by atoms with Gasteiger partial charge in [-0.25, -0.2) is 0 Å². The molecular formula is C13H15N3O3. The summed E-state index contributed by atoms with van der Waals surface area (Å²) in [6.07, 6.45) is 1.51. The summed E-state index contributed by atoms with van der Waals surface area (Å²) in [7, 11) is 0. The molecule has 6 heteroatoms. The van der Waals surface area contributed by atoms with E-state index < -0.39 is 11.8 Å². The van der Waals surface area contributed by atoms with Crippen LogP contribution in [-0.4, -0.2) is 24.3 Å². The van der Waals surface area contributed by atoms with E-state index in [2.05, 4.69) is 10.6 Å². The maximum Gasteiger partial charge on any atom is 0.268 e. The van der Waals surface area contributed by atoms with E-state index >= 15 is 0 Å². The molecule has 0 bridgehead atoms. The monoisotopic (exact) mass is 261 g/mol. The fourth-order valence-corrected chi connectivity index (χ4v) is 1.33. The molecule has 6 nitrogen and oxygen atoms in total. The predicted octanol–water partition coefficient (Wildman–Crippen LogP) is -0.235. The molecule has 0 unspecified atom stereocenters. The highest BCUT2D eigenvalue weighted by Crippen LogP contribution is 2.04. The van der Waals surface area contributed by atoms with Crippen LogP contribution in [0.15, 0.2) is 36.0 Å². The van der Waals surface area contributed by atoms with E-state index in [1.165, 1.54) is 13.0 Å². The van der Waals surface area contributed by atoms with Gasteiger partial charge in [0.1, 0.15) is 5.70 Å². The Kier molecular flexibility index (Phi) is 5.28. The lowest BCUT2D eigenvalue weighted by Gasteiger charge is -2.08. The van der Waals surface area contributed by atoms with Crippen molar-refractivity contribution in [2.24, 2.45) is 5.73 Å². The minimum atomic E-state index is -0.657. The summed E-state index contributed by atoms with van der Waals surface area (Å²) in [4.78, 5) is 33.5. The first-order valence-electron chi connectivity index (χ1n) is 5.60. The third kappa shape index (κ3) is 5.49. The van der Waals surface area contributed by atoms with E-state index in [4.69, 9.17) is 5.73 Å². The molecule has 0 heterocycles. The molecular weight excluding hydrogens is 246 g/mol. The third-order valence-corrected chi connectivity index (χ3v) is 2.09. The SMILES string of the molecule is CC(=O)N/C(=C\c1ccccc1)C(=O)NCC(N)=O. The van der Waals surface area contributed by atoms with Crippen molar-refractivity contribution in [3.05, 3.63) is 41.6 Å². The first-order valence-corrected chi connectivity index (χ1v) is 5.60. The summed E-state index contributed by atoms with van der Waals surface area (Å²) >= 11 is 0. The van der Waals surface area contributed by atoms with E-state index in [0.29, 0.717) is 0 Å². The summed E-state index contributed by atoms with van der Waals surface area (Å²) in [5, 5.41) is 4.72. The third-order valence-electron chi connectivity index (χ3n) is 2.09. The number of carbonyl (C=O) groups is 3. The first-order chi connectivity index (χ1) is 8.99. The number of rotatable bonds is 5. The van der Waals surface area contributed by atoms with Gasteiger partial charge in [0.05, 0.1) is 6.54 Å². The van der Waals surface area contributed by atoms with Gasteiger partial charge < -0.3 is 16.4 Å². The number of hydrogen-bond donors (Lipinski definition) is 3. The molecule has 1 aromatic carbocycles. The van der Waals surface area contributed by atoms with Gasteiger partial charge in [-0.3, -0.25) is 14.4 Å². The standard InChI is InChI=1S/C13H15N3O3/c1-9(17)16-11(13(19)15-8-12(14)18)7-10-5-3-2-4-6-10/h2-7H,8H2,1H3,(H2,14,18)(H,15,19)(H,16,17)/b11-7-. The van der Waals surface area contributed by atoms with Gasteiger partial charge in [0, 0.05) is 6.92 Å². The zero-order valence-corrected chi connectivity index (χ0v) is 10.5. The summed E-state index contributed by atoms with van der Waals surface area (Å²) in [6.45, 7) is 1.00. The maximum atomic E-state index is 11.8. The van der Waals surface area contributed by atoms with Gasteiger partial charge in [-0.15, -0.1) is 0 Å². The molecule has 0 aliphatic carbocycles. The highest BCUT2D eigenvalue weighted by atomic mass is 16.2. The van der Waals surface area contributed by atoms with Crippen LogP contribution in [0.5, 0.6) is 0 Å². The van der Waals surface area contributed by atoms with Crippen molar-refractivity contribution in [3.8, 4) is 0 Å². The Hall–Kier alpha value is -2.63. The molecule has 3 amide bonds. The number of primary amides is 1. The molecule has 0 aromatic heterocycles. The van der Waals surface area contributed by atoms with Crippen LogP contribution < -0.4 is 16.4 Å². The number of nitrogens with two attached hydrogens (primary N) is 1. The molecule has 1 aromatic rings. The van der Waals surface area contributed by atoms with Crippen molar-refractivity contribution < 1.29 is 14.4 Å². The van der Waals surface area contributed by atoms with Crippen LogP contribution in [-0.2, 0) is 14.4 Å². The zero-order valence-electron chi connectivity index (χ0n) is 10.5. The van der Waals surface area contributed by atoms with Crippen molar-refractivity contribution in [2.75, 3.05) is 6.54 Å². The Labute approximate surface area is 110 Å². The second-order valence-corrected chi connectivity index (χ2v) is 3.80. The molecule has 4 N–H and O–H groups in total. The van der Waals surface area contributed by atoms with Crippen molar-refractivity contribution in [2.45, 2.75) is 6.92 Å². The first kappa shape index (κ1) is 14.4. The fourth-order valence-electron chi connectivity index (χ4n) is 1.33. The number of nitrogens with one attached hydrogen (secondary N) is 2. The van der Waals surface area contributed by atoms with Crippen molar-refractivity contribution in [1.29, 1.82) is 0 Å². The van der Waals surface area contributed by atoms with Gasteiger partial charge in [-0.1, -0.05) is 30.3 Å². The van der Waals surface area contributed by atoms with Crippen molar-refractivity contribution >= 4 is 23.8 Å². The van der Waals surface area contributed by atoms with Crippen LogP contribution in [0.25, 0.3) is 6.08 Å². The molecule has 100 valence electrons. The van der Waals surface area contributed by atoms with Gasteiger partial charge >= 0.3 is 0 Å². The Balaban J connectivity index is 2.88. The van der Waals surface area contributed by atoms with Crippen LogP contribution in [0, 0.1) is 0 Å². The molecule has 0 atom stereocenters. The summed E-state index contributed by atoms with van der Waals surface area (Å²) < 4.78 is 0. The molecule has 0 spiro atoms. The number of amides is 3. The van der Waals surface area contributed by atoms with Crippen LogP contribution in [0.3, 0.4) is 0 Å². The van der Waals surface area contributed by atoms with Crippen LogP contribution >= 0.6 is 0 Å². The topological polar surface area (TPSA) is 101 Å². The lowest BCUT2D eigenvalue weighted by molar-refractivity contribution is -0.124. The van der Waals surface area contributed by atoms with Gasteiger partial charge in [0.25, 0.3) is 5.91 Å². The minimum absolute atomic E-state index is 0.0555. The second-order valence-electron chi connectivity index (χ2n) is 3.80. The lowest BCUT2D eigenvalue weighted by atomic mass is 10.2. The quantitative estimate of drug-likeness (QED) is 0.638. The Bertz CT molecular complexity index is 509. The normalized spacial score (nSPS) is 10.7. The number of carbonyl (C=O) groups excluding carboxylic acids is 3. The van der Waals surface area contributed by atoms with Gasteiger partial charge in [-0.2, -0.15) is 0 Å². The van der Waals surface area contributed by atoms with Gasteiger partial charge in [0.15, 0.2) is 0 Å².